The van der Waals surface area contributed by atoms with Gasteiger partial charge in [0.1, 0.15) is 5.75 Å². The van der Waals surface area contributed by atoms with Gasteiger partial charge in [0.05, 0.1) is 12.1 Å². The smallest absolute Gasteiger partial charge is 0.406 e. The summed E-state index contributed by atoms with van der Waals surface area (Å²) >= 11 is 0. The number of ether oxygens (including phenoxy) is 2. The number of hydrogen-bond acceptors (Lipinski definition) is 4. The zero-order valence-electron chi connectivity index (χ0n) is 11.0. The summed E-state index contributed by atoms with van der Waals surface area (Å²) in [4.78, 5) is 0. The van der Waals surface area contributed by atoms with Gasteiger partial charge in [0.15, 0.2) is 0 Å². The lowest BCUT2D eigenvalue weighted by Gasteiger charge is -2.26. The lowest BCUT2D eigenvalue weighted by Crippen LogP contribution is -2.38. The molecule has 2 rings (SSSR count). The fraction of sp³-hybridized carbons (Fsp3) is 0.538. The molecule has 20 heavy (non-hydrogen) atoms. The van der Waals surface area contributed by atoms with Gasteiger partial charge in [-0.1, -0.05) is 12.1 Å². The van der Waals surface area contributed by atoms with Crippen molar-refractivity contribution in [3.63, 3.8) is 0 Å². The van der Waals surface area contributed by atoms with E-state index in [1.165, 1.54) is 18.2 Å². The number of hydrazine groups is 1. The van der Waals surface area contributed by atoms with Crippen LogP contribution in [-0.2, 0) is 4.74 Å². The minimum absolute atomic E-state index is 0.166. The third-order valence-corrected chi connectivity index (χ3v) is 3.32. The monoisotopic (exact) mass is 290 g/mol. The van der Waals surface area contributed by atoms with Crippen molar-refractivity contribution in [2.45, 2.75) is 31.3 Å². The second-order valence-electron chi connectivity index (χ2n) is 4.80. The van der Waals surface area contributed by atoms with Crippen molar-refractivity contribution in [2.24, 2.45) is 11.8 Å². The summed E-state index contributed by atoms with van der Waals surface area (Å²) in [5.74, 6) is 5.65. The van der Waals surface area contributed by atoms with E-state index < -0.39 is 6.36 Å². The number of halogens is 3. The molecule has 1 aliphatic rings. The van der Waals surface area contributed by atoms with Crippen LogP contribution in [0.25, 0.3) is 0 Å². The lowest BCUT2D eigenvalue weighted by atomic mass is 9.98. The highest BCUT2D eigenvalue weighted by Gasteiger charge is 2.37. The molecule has 2 atom stereocenters. The number of methoxy groups -OCH3 is 1. The maximum absolute atomic E-state index is 12.2. The van der Waals surface area contributed by atoms with Crippen molar-refractivity contribution in [3.05, 3.63) is 29.8 Å². The molecule has 0 aliphatic heterocycles. The Morgan fingerprint density at radius 1 is 1.35 bits per heavy atom. The van der Waals surface area contributed by atoms with Crippen molar-refractivity contribution in [3.8, 4) is 5.75 Å². The average molecular weight is 290 g/mol. The van der Waals surface area contributed by atoms with Crippen LogP contribution in [0.5, 0.6) is 5.75 Å². The summed E-state index contributed by atoms with van der Waals surface area (Å²) in [7, 11) is 1.57. The standard InChI is InChI=1S/C13H17F3N2O2/c1-19-12(8-5-6-8)11(18-17)9-3-2-4-10(7-9)20-13(14,15)16/h2-4,7-8,11-12,18H,5-6,17H2,1H3. The van der Waals surface area contributed by atoms with Gasteiger partial charge in [0, 0.05) is 7.11 Å². The molecule has 4 nitrogen and oxygen atoms in total. The summed E-state index contributed by atoms with van der Waals surface area (Å²) in [6, 6.07) is 5.41. The van der Waals surface area contributed by atoms with Gasteiger partial charge in [0.25, 0.3) is 0 Å². The molecule has 1 aliphatic carbocycles. The number of nitrogens with two attached hydrogens (primary N) is 1. The molecule has 0 heterocycles. The molecule has 1 saturated carbocycles. The number of benzene rings is 1. The van der Waals surface area contributed by atoms with E-state index in [1.807, 2.05) is 0 Å². The highest BCUT2D eigenvalue weighted by Crippen LogP contribution is 2.40. The molecule has 2 unspecified atom stereocenters. The van der Waals surface area contributed by atoms with E-state index in [-0.39, 0.29) is 17.9 Å². The molecular weight excluding hydrogens is 273 g/mol. The van der Waals surface area contributed by atoms with Crippen LogP contribution in [0.4, 0.5) is 13.2 Å². The number of rotatable bonds is 6. The predicted octanol–water partition coefficient (Wildman–Crippen LogP) is 2.51. The summed E-state index contributed by atoms with van der Waals surface area (Å²) < 4.78 is 46.0. The van der Waals surface area contributed by atoms with Gasteiger partial charge < -0.3 is 9.47 Å². The Labute approximate surface area is 115 Å². The Kier molecular flexibility index (Phi) is 4.52. The molecular formula is C13H17F3N2O2. The third-order valence-electron chi connectivity index (χ3n) is 3.32. The van der Waals surface area contributed by atoms with Crippen molar-refractivity contribution in [1.29, 1.82) is 0 Å². The number of hydrogen-bond donors (Lipinski definition) is 2. The first-order valence-electron chi connectivity index (χ1n) is 6.29. The first kappa shape index (κ1) is 15.1. The van der Waals surface area contributed by atoms with E-state index in [2.05, 4.69) is 10.2 Å². The molecule has 0 spiro atoms. The van der Waals surface area contributed by atoms with Crippen LogP contribution in [0.3, 0.4) is 0 Å². The number of nitrogens with one attached hydrogen (secondary N) is 1. The second-order valence-corrected chi connectivity index (χ2v) is 4.80. The molecule has 112 valence electrons. The highest BCUT2D eigenvalue weighted by molar-refractivity contribution is 5.31. The summed E-state index contributed by atoms with van der Waals surface area (Å²) in [6.07, 6.45) is -2.80. The van der Waals surface area contributed by atoms with Crippen LogP contribution in [0.15, 0.2) is 24.3 Å². The first-order valence-corrected chi connectivity index (χ1v) is 6.29. The molecule has 0 saturated heterocycles. The Balaban J connectivity index is 2.19. The van der Waals surface area contributed by atoms with Gasteiger partial charge in [-0.05, 0) is 36.5 Å². The zero-order valence-corrected chi connectivity index (χ0v) is 11.0. The maximum Gasteiger partial charge on any atom is 0.573 e. The van der Waals surface area contributed by atoms with Crippen LogP contribution in [0.1, 0.15) is 24.4 Å². The molecule has 0 amide bonds. The van der Waals surface area contributed by atoms with Gasteiger partial charge in [-0.25, -0.2) is 0 Å². The van der Waals surface area contributed by atoms with Crippen molar-refractivity contribution in [1.82, 2.24) is 5.43 Å². The normalized spacial score (nSPS) is 18.6. The summed E-state index contributed by atoms with van der Waals surface area (Å²) in [6.45, 7) is 0. The predicted molar refractivity (Wildman–Crippen MR) is 66.7 cm³/mol. The third kappa shape index (κ3) is 3.84. The molecule has 1 fully saturated rings. The molecule has 0 bridgehead atoms. The molecule has 0 radical (unpaired) electrons. The quantitative estimate of drug-likeness (QED) is 0.624. The van der Waals surface area contributed by atoms with E-state index >= 15 is 0 Å². The minimum Gasteiger partial charge on any atom is -0.406 e. The Morgan fingerprint density at radius 3 is 2.55 bits per heavy atom. The Morgan fingerprint density at radius 2 is 2.05 bits per heavy atom. The largest absolute Gasteiger partial charge is 0.573 e. The fourth-order valence-electron chi connectivity index (χ4n) is 2.31. The van der Waals surface area contributed by atoms with Gasteiger partial charge in [-0.15, -0.1) is 13.2 Å². The van der Waals surface area contributed by atoms with Crippen LogP contribution >= 0.6 is 0 Å². The van der Waals surface area contributed by atoms with Crippen molar-refractivity contribution in [2.75, 3.05) is 7.11 Å². The van der Waals surface area contributed by atoms with E-state index in [0.29, 0.717) is 11.5 Å². The number of alkyl halides is 3. The van der Waals surface area contributed by atoms with Crippen LogP contribution < -0.4 is 16.0 Å². The van der Waals surface area contributed by atoms with Crippen LogP contribution in [-0.4, -0.2) is 19.6 Å². The molecule has 3 N–H and O–H groups in total. The molecule has 0 aromatic heterocycles. The first-order chi connectivity index (χ1) is 9.44. The zero-order chi connectivity index (χ0) is 14.8. The molecule has 7 heteroatoms. The summed E-state index contributed by atoms with van der Waals surface area (Å²) in [5.41, 5.74) is 3.22. The summed E-state index contributed by atoms with van der Waals surface area (Å²) in [5, 5.41) is 0. The van der Waals surface area contributed by atoms with E-state index in [4.69, 9.17) is 10.6 Å². The minimum atomic E-state index is -4.71. The lowest BCUT2D eigenvalue weighted by molar-refractivity contribution is -0.274. The van der Waals surface area contributed by atoms with E-state index in [9.17, 15) is 13.2 Å². The average Bonchev–Trinajstić information content (AvgIpc) is 3.18. The van der Waals surface area contributed by atoms with E-state index in [0.717, 1.165) is 12.8 Å². The molecule has 1 aromatic rings. The van der Waals surface area contributed by atoms with Crippen LogP contribution in [0.2, 0.25) is 0 Å². The second kappa shape index (κ2) is 5.99. The van der Waals surface area contributed by atoms with Gasteiger partial charge >= 0.3 is 6.36 Å². The fourth-order valence-corrected chi connectivity index (χ4v) is 2.31. The van der Waals surface area contributed by atoms with Crippen molar-refractivity contribution < 1.29 is 22.6 Å². The van der Waals surface area contributed by atoms with Gasteiger partial charge in [-0.2, -0.15) is 0 Å². The maximum atomic E-state index is 12.2. The van der Waals surface area contributed by atoms with Crippen LogP contribution in [0, 0.1) is 5.92 Å². The SMILES string of the molecule is COC(C1CC1)C(NN)c1cccc(OC(F)(F)F)c1. The topological polar surface area (TPSA) is 56.5 Å². The Hall–Kier alpha value is -1.31. The van der Waals surface area contributed by atoms with Gasteiger partial charge in [0.2, 0.25) is 0 Å². The Bertz CT molecular complexity index is 449. The molecule has 1 aromatic carbocycles. The van der Waals surface area contributed by atoms with E-state index in [1.54, 1.807) is 13.2 Å². The van der Waals surface area contributed by atoms with Gasteiger partial charge in [-0.3, -0.25) is 11.3 Å². The highest BCUT2D eigenvalue weighted by atomic mass is 19.4. The van der Waals surface area contributed by atoms with Crippen molar-refractivity contribution >= 4 is 0 Å².